The Balaban J connectivity index is 2.08. The van der Waals surface area contributed by atoms with Gasteiger partial charge in [0.2, 0.25) is 0 Å². The molecule has 0 N–H and O–H groups in total. The molecule has 0 spiro atoms. The lowest BCUT2D eigenvalue weighted by Crippen LogP contribution is -2.34. The van der Waals surface area contributed by atoms with Crippen molar-refractivity contribution in [3.8, 4) is 5.75 Å². The smallest absolute Gasteiger partial charge is 0.486 e. The Hall–Kier alpha value is -2.05. The van der Waals surface area contributed by atoms with Gasteiger partial charge in [-0.2, -0.15) is 0 Å². The Labute approximate surface area is 108 Å². The van der Waals surface area contributed by atoms with E-state index in [2.05, 4.69) is 9.97 Å². The van der Waals surface area contributed by atoms with Crippen LogP contribution < -0.4 is 10.2 Å². The summed E-state index contributed by atoms with van der Waals surface area (Å²) >= 11 is 0. The van der Waals surface area contributed by atoms with E-state index >= 15 is 0 Å². The third kappa shape index (κ3) is 3.71. The van der Waals surface area contributed by atoms with Crippen LogP contribution in [0.15, 0.2) is 36.7 Å². The van der Waals surface area contributed by atoms with Gasteiger partial charge in [0.25, 0.3) is 0 Å². The molecule has 0 atom stereocenters. The number of rotatable bonds is 4. The SMILES string of the molecule is Cc1cccc(COc2cncc([B-](F)(F)F)c2)n1. The number of aromatic nitrogens is 2. The summed E-state index contributed by atoms with van der Waals surface area (Å²) in [5, 5.41) is 0. The molecule has 19 heavy (non-hydrogen) atoms. The van der Waals surface area contributed by atoms with Crippen LogP contribution in [0.1, 0.15) is 11.4 Å². The van der Waals surface area contributed by atoms with E-state index in [4.69, 9.17) is 4.74 Å². The monoisotopic (exact) mass is 267 g/mol. The maximum atomic E-state index is 12.5. The second kappa shape index (κ2) is 5.30. The number of aryl methyl sites for hydroxylation is 1. The fourth-order valence-corrected chi connectivity index (χ4v) is 1.53. The van der Waals surface area contributed by atoms with Crippen LogP contribution in [-0.4, -0.2) is 16.9 Å². The van der Waals surface area contributed by atoms with Crippen LogP contribution in [0.2, 0.25) is 0 Å². The lowest BCUT2D eigenvalue weighted by atomic mass is 9.81. The van der Waals surface area contributed by atoms with E-state index in [1.165, 1.54) is 6.20 Å². The molecule has 2 aromatic rings. The summed E-state index contributed by atoms with van der Waals surface area (Å²) in [5.41, 5.74) is 0.712. The summed E-state index contributed by atoms with van der Waals surface area (Å²) in [7, 11) is 0. The Morgan fingerprint density at radius 1 is 1.21 bits per heavy atom. The van der Waals surface area contributed by atoms with Crippen LogP contribution in [0.5, 0.6) is 5.75 Å². The lowest BCUT2D eigenvalue weighted by Gasteiger charge is -2.15. The standard InChI is InChI=1S/C12H11BF3N2O/c1-9-3-2-4-11(18-9)8-19-12-5-10(6-17-7-12)13(14,15)16/h2-7H,8H2,1H3/q-1. The molecule has 0 fully saturated rings. The summed E-state index contributed by atoms with van der Waals surface area (Å²) in [5.74, 6) is 0.0833. The highest BCUT2D eigenvalue weighted by Crippen LogP contribution is 2.14. The number of pyridine rings is 2. The lowest BCUT2D eigenvalue weighted by molar-refractivity contribution is 0.300. The van der Waals surface area contributed by atoms with Crippen LogP contribution in [0.4, 0.5) is 12.9 Å². The van der Waals surface area contributed by atoms with Crippen LogP contribution in [0, 0.1) is 6.92 Å². The molecule has 2 rings (SSSR count). The van der Waals surface area contributed by atoms with Gasteiger partial charge in [-0.3, -0.25) is 9.97 Å². The van der Waals surface area contributed by atoms with Crippen molar-refractivity contribution in [3.05, 3.63) is 48.0 Å². The van der Waals surface area contributed by atoms with Gasteiger partial charge >= 0.3 is 6.98 Å². The fraction of sp³-hybridized carbons (Fsp3) is 0.167. The van der Waals surface area contributed by atoms with E-state index < -0.39 is 12.4 Å². The number of nitrogens with zero attached hydrogens (tertiary/aromatic N) is 2. The van der Waals surface area contributed by atoms with Gasteiger partial charge in [-0.25, -0.2) is 0 Å². The molecule has 0 aliphatic carbocycles. The Morgan fingerprint density at radius 2 is 2.00 bits per heavy atom. The van der Waals surface area contributed by atoms with Crippen LogP contribution in [0.25, 0.3) is 0 Å². The van der Waals surface area contributed by atoms with Gasteiger partial charge in [0.1, 0.15) is 12.4 Å². The normalized spacial score (nSPS) is 11.4. The Kier molecular flexibility index (Phi) is 3.73. The number of halogens is 3. The zero-order valence-corrected chi connectivity index (χ0v) is 10.2. The van der Waals surface area contributed by atoms with E-state index in [1.807, 2.05) is 19.1 Å². The molecule has 2 heterocycles. The first-order valence-electron chi connectivity index (χ1n) is 5.65. The zero-order valence-electron chi connectivity index (χ0n) is 10.2. The predicted octanol–water partition coefficient (Wildman–Crippen LogP) is 2.42. The van der Waals surface area contributed by atoms with E-state index in [0.29, 0.717) is 5.69 Å². The fourth-order valence-electron chi connectivity index (χ4n) is 1.53. The first-order valence-corrected chi connectivity index (χ1v) is 5.65. The molecule has 0 saturated carbocycles. The summed E-state index contributed by atoms with van der Waals surface area (Å²) in [6.45, 7) is -3.12. The first kappa shape index (κ1) is 13.4. The van der Waals surface area contributed by atoms with Gasteiger partial charge in [0.05, 0.1) is 11.9 Å². The van der Waals surface area contributed by atoms with Crippen LogP contribution >= 0.6 is 0 Å². The summed E-state index contributed by atoms with van der Waals surface area (Å²) < 4.78 is 42.9. The van der Waals surface area contributed by atoms with E-state index in [9.17, 15) is 12.9 Å². The average molecular weight is 267 g/mol. The summed E-state index contributed by atoms with van der Waals surface area (Å²) in [6.07, 6.45) is 2.04. The van der Waals surface area contributed by atoms with Crippen molar-refractivity contribution >= 4 is 12.4 Å². The van der Waals surface area contributed by atoms with Crippen molar-refractivity contribution in [2.24, 2.45) is 0 Å². The molecule has 0 radical (unpaired) electrons. The maximum absolute atomic E-state index is 12.5. The van der Waals surface area contributed by atoms with E-state index in [-0.39, 0.29) is 12.4 Å². The van der Waals surface area contributed by atoms with Gasteiger partial charge in [0.15, 0.2) is 0 Å². The highest BCUT2D eigenvalue weighted by molar-refractivity contribution is 6.73. The zero-order chi connectivity index (χ0) is 13.9. The molecule has 0 amide bonds. The third-order valence-corrected chi connectivity index (χ3v) is 2.44. The predicted molar refractivity (Wildman–Crippen MR) is 66.3 cm³/mol. The van der Waals surface area contributed by atoms with Crippen molar-refractivity contribution < 1.29 is 17.7 Å². The van der Waals surface area contributed by atoms with Crippen LogP contribution in [0.3, 0.4) is 0 Å². The molecule has 0 unspecified atom stereocenters. The van der Waals surface area contributed by atoms with Gasteiger partial charge < -0.3 is 17.7 Å². The minimum absolute atomic E-state index is 0.0833. The quantitative estimate of drug-likeness (QED) is 0.798. The maximum Gasteiger partial charge on any atom is 0.511 e. The Morgan fingerprint density at radius 3 is 2.68 bits per heavy atom. The molecule has 0 saturated heterocycles. The molecule has 0 aliphatic heterocycles. The van der Waals surface area contributed by atoms with Gasteiger partial charge in [-0.15, -0.1) is 0 Å². The molecule has 0 bridgehead atoms. The van der Waals surface area contributed by atoms with Gasteiger partial charge in [-0.05, 0) is 25.1 Å². The number of hydrogen-bond acceptors (Lipinski definition) is 3. The highest BCUT2D eigenvalue weighted by atomic mass is 19.4. The molecule has 0 aromatic carbocycles. The topological polar surface area (TPSA) is 35.0 Å². The summed E-state index contributed by atoms with van der Waals surface area (Å²) in [4.78, 5) is 7.73. The second-order valence-corrected chi connectivity index (χ2v) is 4.09. The molecule has 7 heteroatoms. The third-order valence-electron chi connectivity index (χ3n) is 2.44. The molecule has 3 nitrogen and oxygen atoms in total. The molecular formula is C12H11BF3N2O-. The van der Waals surface area contributed by atoms with Crippen molar-refractivity contribution in [1.82, 2.24) is 9.97 Å². The molecule has 0 aliphatic rings. The minimum Gasteiger partial charge on any atom is -0.486 e. The number of ether oxygens (including phenoxy) is 1. The minimum atomic E-state index is -5.06. The largest absolute Gasteiger partial charge is 0.511 e. The van der Waals surface area contributed by atoms with Crippen molar-refractivity contribution in [2.45, 2.75) is 13.5 Å². The van der Waals surface area contributed by atoms with Crippen molar-refractivity contribution in [2.75, 3.05) is 0 Å². The molecular weight excluding hydrogens is 256 g/mol. The molecule has 2 aromatic heterocycles. The average Bonchev–Trinajstić information content (AvgIpc) is 2.36. The number of hydrogen-bond donors (Lipinski definition) is 0. The van der Waals surface area contributed by atoms with Gasteiger partial charge in [-0.1, -0.05) is 11.5 Å². The van der Waals surface area contributed by atoms with Crippen molar-refractivity contribution in [3.63, 3.8) is 0 Å². The van der Waals surface area contributed by atoms with Gasteiger partial charge in [0, 0.05) is 11.9 Å². The van der Waals surface area contributed by atoms with Crippen molar-refractivity contribution in [1.29, 1.82) is 0 Å². The van der Waals surface area contributed by atoms with E-state index in [0.717, 1.165) is 18.0 Å². The summed E-state index contributed by atoms with van der Waals surface area (Å²) in [6, 6.07) is 6.34. The Bertz CT molecular complexity index is 575. The van der Waals surface area contributed by atoms with Crippen LogP contribution in [-0.2, 0) is 6.61 Å². The first-order chi connectivity index (χ1) is 8.95. The highest BCUT2D eigenvalue weighted by Gasteiger charge is 2.26. The van der Waals surface area contributed by atoms with E-state index in [1.54, 1.807) is 6.07 Å². The molecule has 100 valence electrons. The second-order valence-electron chi connectivity index (χ2n) is 4.09.